The normalized spacial score (nSPS) is 21.1. The van der Waals surface area contributed by atoms with Crippen LogP contribution in [0.1, 0.15) is 52.9 Å². The van der Waals surface area contributed by atoms with E-state index in [9.17, 15) is 4.79 Å². The SMILES string of the molecule is COC(=O)C(C1CCCCC1)C(C)(C)C. The lowest BCUT2D eigenvalue weighted by atomic mass is 9.68. The van der Waals surface area contributed by atoms with Gasteiger partial charge in [0.05, 0.1) is 13.0 Å². The van der Waals surface area contributed by atoms with Crippen molar-refractivity contribution in [1.82, 2.24) is 0 Å². The van der Waals surface area contributed by atoms with Gasteiger partial charge in [0, 0.05) is 0 Å². The van der Waals surface area contributed by atoms with Gasteiger partial charge in [-0.1, -0.05) is 40.0 Å². The average Bonchev–Trinajstić information content (AvgIpc) is 2.17. The molecule has 0 spiro atoms. The summed E-state index contributed by atoms with van der Waals surface area (Å²) in [6.45, 7) is 6.43. The number of rotatable bonds is 2. The van der Waals surface area contributed by atoms with Gasteiger partial charge in [0.1, 0.15) is 0 Å². The molecule has 0 N–H and O–H groups in total. The van der Waals surface area contributed by atoms with Gasteiger partial charge in [-0.25, -0.2) is 0 Å². The molecule has 0 aromatic carbocycles. The summed E-state index contributed by atoms with van der Waals surface area (Å²) >= 11 is 0. The molecule has 0 bridgehead atoms. The van der Waals surface area contributed by atoms with Crippen molar-refractivity contribution in [2.45, 2.75) is 52.9 Å². The standard InChI is InChI=1S/C13H24O2/c1-13(2,3)11(12(14)15-4)10-8-6-5-7-9-10/h10-11H,5-9H2,1-4H3. The van der Waals surface area contributed by atoms with E-state index in [-0.39, 0.29) is 17.3 Å². The minimum absolute atomic E-state index is 0.0191. The van der Waals surface area contributed by atoms with E-state index in [0.29, 0.717) is 5.92 Å². The molecule has 0 aliphatic heterocycles. The topological polar surface area (TPSA) is 26.3 Å². The average molecular weight is 212 g/mol. The van der Waals surface area contributed by atoms with Crippen LogP contribution in [0, 0.1) is 17.3 Å². The van der Waals surface area contributed by atoms with E-state index < -0.39 is 0 Å². The van der Waals surface area contributed by atoms with Crippen molar-refractivity contribution in [1.29, 1.82) is 0 Å². The summed E-state index contributed by atoms with van der Waals surface area (Å²) in [5, 5.41) is 0. The van der Waals surface area contributed by atoms with Gasteiger partial charge < -0.3 is 4.74 Å². The van der Waals surface area contributed by atoms with Crippen LogP contribution in [-0.4, -0.2) is 13.1 Å². The van der Waals surface area contributed by atoms with Crippen molar-refractivity contribution >= 4 is 5.97 Å². The Labute approximate surface area is 93.4 Å². The molecule has 0 aromatic heterocycles. The fourth-order valence-corrected chi connectivity index (χ4v) is 2.85. The van der Waals surface area contributed by atoms with Crippen LogP contribution in [0.15, 0.2) is 0 Å². The Hall–Kier alpha value is -0.530. The summed E-state index contributed by atoms with van der Waals surface area (Å²) in [6, 6.07) is 0. The van der Waals surface area contributed by atoms with Crippen molar-refractivity contribution < 1.29 is 9.53 Å². The molecule has 1 unspecified atom stereocenters. The van der Waals surface area contributed by atoms with Crippen LogP contribution in [0.5, 0.6) is 0 Å². The Bertz CT molecular complexity index is 209. The van der Waals surface area contributed by atoms with E-state index in [1.54, 1.807) is 0 Å². The van der Waals surface area contributed by atoms with E-state index in [1.807, 2.05) is 0 Å². The highest BCUT2D eigenvalue weighted by molar-refractivity contribution is 5.73. The van der Waals surface area contributed by atoms with Crippen LogP contribution in [0.25, 0.3) is 0 Å². The van der Waals surface area contributed by atoms with Crippen molar-refractivity contribution in [3.05, 3.63) is 0 Å². The Morgan fingerprint density at radius 2 is 1.73 bits per heavy atom. The summed E-state index contributed by atoms with van der Waals surface area (Å²) < 4.78 is 4.95. The molecule has 1 atom stereocenters. The first-order valence-electron chi connectivity index (χ1n) is 6.04. The van der Waals surface area contributed by atoms with Crippen LogP contribution < -0.4 is 0 Å². The molecular formula is C13H24O2. The highest BCUT2D eigenvalue weighted by Crippen LogP contribution is 2.40. The molecule has 0 radical (unpaired) electrons. The van der Waals surface area contributed by atoms with Crippen molar-refractivity contribution in [3.8, 4) is 0 Å². The van der Waals surface area contributed by atoms with Crippen molar-refractivity contribution in [2.75, 3.05) is 7.11 Å². The summed E-state index contributed by atoms with van der Waals surface area (Å²) in [6.07, 6.45) is 6.26. The number of esters is 1. The molecular weight excluding hydrogens is 188 g/mol. The Morgan fingerprint density at radius 3 is 2.13 bits per heavy atom. The number of methoxy groups -OCH3 is 1. The third-order valence-corrected chi connectivity index (χ3v) is 3.51. The van der Waals surface area contributed by atoms with E-state index in [4.69, 9.17) is 4.74 Å². The highest BCUT2D eigenvalue weighted by atomic mass is 16.5. The lowest BCUT2D eigenvalue weighted by molar-refractivity contribution is -0.152. The van der Waals surface area contributed by atoms with Crippen LogP contribution in [0.3, 0.4) is 0 Å². The number of carbonyl (C=O) groups is 1. The molecule has 15 heavy (non-hydrogen) atoms. The predicted molar refractivity (Wildman–Crippen MR) is 61.5 cm³/mol. The number of ether oxygens (including phenoxy) is 1. The molecule has 2 heteroatoms. The van der Waals surface area contributed by atoms with Crippen molar-refractivity contribution in [3.63, 3.8) is 0 Å². The number of hydrogen-bond donors (Lipinski definition) is 0. The quantitative estimate of drug-likeness (QED) is 0.656. The maximum Gasteiger partial charge on any atom is 0.309 e. The highest BCUT2D eigenvalue weighted by Gasteiger charge is 2.38. The predicted octanol–water partition coefficient (Wildman–Crippen LogP) is 3.40. The van der Waals surface area contributed by atoms with Gasteiger partial charge in [-0.2, -0.15) is 0 Å². The van der Waals surface area contributed by atoms with Gasteiger partial charge in [0.2, 0.25) is 0 Å². The molecule has 0 heterocycles. The lowest BCUT2D eigenvalue weighted by Gasteiger charge is -2.36. The van der Waals surface area contributed by atoms with Gasteiger partial charge in [-0.3, -0.25) is 4.79 Å². The van der Waals surface area contributed by atoms with Gasteiger partial charge in [-0.05, 0) is 24.2 Å². The van der Waals surface area contributed by atoms with Gasteiger partial charge in [-0.15, -0.1) is 0 Å². The Morgan fingerprint density at radius 1 is 1.20 bits per heavy atom. The van der Waals surface area contributed by atoms with Crippen LogP contribution in [-0.2, 0) is 9.53 Å². The zero-order chi connectivity index (χ0) is 11.5. The maximum atomic E-state index is 11.8. The smallest absolute Gasteiger partial charge is 0.309 e. The maximum absolute atomic E-state index is 11.8. The minimum atomic E-state index is -0.0191. The largest absolute Gasteiger partial charge is 0.469 e. The first-order valence-corrected chi connectivity index (χ1v) is 6.04. The van der Waals surface area contributed by atoms with E-state index in [0.717, 1.165) is 0 Å². The fraction of sp³-hybridized carbons (Fsp3) is 0.923. The van der Waals surface area contributed by atoms with Gasteiger partial charge in [0.25, 0.3) is 0 Å². The third-order valence-electron chi connectivity index (χ3n) is 3.51. The second-order valence-corrected chi connectivity index (χ2v) is 5.76. The van der Waals surface area contributed by atoms with Crippen LogP contribution in [0.4, 0.5) is 0 Å². The first-order chi connectivity index (χ1) is 6.96. The minimum Gasteiger partial charge on any atom is -0.469 e. The molecule has 1 saturated carbocycles. The number of carbonyl (C=O) groups excluding carboxylic acids is 1. The molecule has 1 aliphatic rings. The third kappa shape index (κ3) is 3.22. The fourth-order valence-electron chi connectivity index (χ4n) is 2.85. The molecule has 0 saturated heterocycles. The van der Waals surface area contributed by atoms with Crippen molar-refractivity contribution in [2.24, 2.45) is 17.3 Å². The van der Waals surface area contributed by atoms with Gasteiger partial charge >= 0.3 is 5.97 Å². The molecule has 2 nitrogen and oxygen atoms in total. The summed E-state index contributed by atoms with van der Waals surface area (Å²) in [7, 11) is 1.50. The second kappa shape index (κ2) is 5.00. The molecule has 88 valence electrons. The molecule has 1 aliphatic carbocycles. The van der Waals surface area contributed by atoms with E-state index in [2.05, 4.69) is 20.8 Å². The molecule has 0 aromatic rings. The Balaban J connectivity index is 2.75. The van der Waals surface area contributed by atoms with Crippen LogP contribution in [0.2, 0.25) is 0 Å². The van der Waals surface area contributed by atoms with E-state index in [1.165, 1.54) is 39.2 Å². The van der Waals surface area contributed by atoms with E-state index >= 15 is 0 Å². The number of hydrogen-bond acceptors (Lipinski definition) is 2. The molecule has 1 fully saturated rings. The van der Waals surface area contributed by atoms with Gasteiger partial charge in [0.15, 0.2) is 0 Å². The molecule has 0 amide bonds. The van der Waals surface area contributed by atoms with Crippen LogP contribution >= 0.6 is 0 Å². The summed E-state index contributed by atoms with van der Waals surface area (Å²) in [4.78, 5) is 11.8. The summed E-state index contributed by atoms with van der Waals surface area (Å²) in [5.41, 5.74) is 0.0229. The summed E-state index contributed by atoms with van der Waals surface area (Å²) in [5.74, 6) is 0.586. The molecule has 1 rings (SSSR count). The zero-order valence-electron chi connectivity index (χ0n) is 10.5. The monoisotopic (exact) mass is 212 g/mol. The first kappa shape index (κ1) is 12.5. The Kier molecular flexibility index (Phi) is 4.18. The lowest BCUT2D eigenvalue weighted by Crippen LogP contribution is -2.36. The zero-order valence-corrected chi connectivity index (χ0v) is 10.5. The second-order valence-electron chi connectivity index (χ2n) is 5.76.